The molecule has 0 radical (unpaired) electrons. The topological polar surface area (TPSA) is 20.2 Å². The van der Waals surface area contributed by atoms with Gasteiger partial charge in [-0.25, -0.2) is 4.39 Å². The van der Waals surface area contributed by atoms with Crippen molar-refractivity contribution < 1.29 is 9.50 Å². The minimum atomic E-state index is -0.642. The first-order valence-corrected chi connectivity index (χ1v) is 6.60. The molecule has 1 N–H and O–H groups in total. The quantitative estimate of drug-likeness (QED) is 0.898. The Kier molecular flexibility index (Phi) is 4.56. The van der Waals surface area contributed by atoms with Crippen molar-refractivity contribution in [2.75, 3.05) is 0 Å². The van der Waals surface area contributed by atoms with E-state index in [2.05, 4.69) is 0 Å². The van der Waals surface area contributed by atoms with E-state index in [9.17, 15) is 9.50 Å². The van der Waals surface area contributed by atoms with Crippen LogP contribution in [0.2, 0.25) is 5.02 Å². The molecular formula is C16H16ClFO. The van der Waals surface area contributed by atoms with Crippen LogP contribution >= 0.6 is 11.6 Å². The summed E-state index contributed by atoms with van der Waals surface area (Å²) in [6, 6.07) is 12.5. The zero-order valence-electron chi connectivity index (χ0n) is 10.7. The number of aliphatic hydroxyl groups excluding tert-OH is 1. The fourth-order valence-electron chi connectivity index (χ4n) is 2.03. The molecule has 0 saturated carbocycles. The van der Waals surface area contributed by atoms with E-state index < -0.39 is 6.10 Å². The number of aliphatic hydroxyl groups is 1. The summed E-state index contributed by atoms with van der Waals surface area (Å²) in [4.78, 5) is 0. The van der Waals surface area contributed by atoms with Crippen molar-refractivity contribution in [3.05, 3.63) is 70.0 Å². The van der Waals surface area contributed by atoms with Gasteiger partial charge in [-0.05, 0) is 31.0 Å². The molecule has 2 aromatic rings. The van der Waals surface area contributed by atoms with Crippen molar-refractivity contribution in [3.8, 4) is 0 Å². The van der Waals surface area contributed by atoms with Crippen LogP contribution in [-0.4, -0.2) is 11.2 Å². The van der Waals surface area contributed by atoms with E-state index in [0.717, 1.165) is 5.56 Å². The van der Waals surface area contributed by atoms with Gasteiger partial charge in [-0.1, -0.05) is 47.5 Å². The van der Waals surface area contributed by atoms with Gasteiger partial charge in [0.25, 0.3) is 0 Å². The van der Waals surface area contributed by atoms with Crippen LogP contribution in [0.1, 0.15) is 16.7 Å². The molecule has 0 heterocycles. The third-order valence-electron chi connectivity index (χ3n) is 3.09. The minimum absolute atomic E-state index is 0.222. The summed E-state index contributed by atoms with van der Waals surface area (Å²) in [6.45, 7) is 2.01. The Hall–Kier alpha value is -1.38. The molecule has 0 saturated heterocycles. The van der Waals surface area contributed by atoms with Crippen molar-refractivity contribution in [1.29, 1.82) is 0 Å². The molecule has 0 aliphatic heterocycles. The highest BCUT2D eigenvalue weighted by Gasteiger charge is 2.13. The SMILES string of the molecule is Cc1ccc(CC(O)Cc2c(F)cccc2Cl)cc1. The zero-order chi connectivity index (χ0) is 13.8. The molecule has 0 amide bonds. The molecule has 0 aromatic heterocycles. The van der Waals surface area contributed by atoms with Gasteiger partial charge in [-0.3, -0.25) is 0 Å². The van der Waals surface area contributed by atoms with E-state index in [0.29, 0.717) is 17.0 Å². The average molecular weight is 279 g/mol. The van der Waals surface area contributed by atoms with Crippen molar-refractivity contribution >= 4 is 11.6 Å². The maximum Gasteiger partial charge on any atom is 0.127 e. The van der Waals surface area contributed by atoms with Crippen LogP contribution in [-0.2, 0) is 12.8 Å². The Morgan fingerprint density at radius 3 is 2.42 bits per heavy atom. The van der Waals surface area contributed by atoms with Gasteiger partial charge in [0.1, 0.15) is 5.82 Å². The smallest absolute Gasteiger partial charge is 0.127 e. The largest absolute Gasteiger partial charge is 0.392 e. The fourth-order valence-corrected chi connectivity index (χ4v) is 2.27. The summed E-state index contributed by atoms with van der Waals surface area (Å²) >= 11 is 5.95. The van der Waals surface area contributed by atoms with E-state index >= 15 is 0 Å². The van der Waals surface area contributed by atoms with Crippen LogP contribution in [0.25, 0.3) is 0 Å². The molecule has 1 atom stereocenters. The number of rotatable bonds is 4. The van der Waals surface area contributed by atoms with E-state index in [1.54, 1.807) is 12.1 Å². The van der Waals surface area contributed by atoms with Crippen LogP contribution in [0.15, 0.2) is 42.5 Å². The summed E-state index contributed by atoms with van der Waals surface area (Å²) in [5.74, 6) is -0.365. The zero-order valence-corrected chi connectivity index (χ0v) is 11.5. The van der Waals surface area contributed by atoms with Crippen molar-refractivity contribution in [2.45, 2.75) is 25.9 Å². The minimum Gasteiger partial charge on any atom is -0.392 e. The third kappa shape index (κ3) is 3.79. The van der Waals surface area contributed by atoms with Gasteiger partial charge in [0.2, 0.25) is 0 Å². The molecular weight excluding hydrogens is 263 g/mol. The Balaban J connectivity index is 2.05. The van der Waals surface area contributed by atoms with Gasteiger partial charge in [-0.2, -0.15) is 0 Å². The lowest BCUT2D eigenvalue weighted by molar-refractivity contribution is 0.174. The van der Waals surface area contributed by atoms with Crippen LogP contribution < -0.4 is 0 Å². The summed E-state index contributed by atoms with van der Waals surface area (Å²) in [7, 11) is 0. The van der Waals surface area contributed by atoms with Crippen LogP contribution in [0.3, 0.4) is 0 Å². The van der Waals surface area contributed by atoms with Crippen molar-refractivity contribution in [3.63, 3.8) is 0 Å². The second kappa shape index (κ2) is 6.18. The highest BCUT2D eigenvalue weighted by Crippen LogP contribution is 2.21. The van der Waals surface area contributed by atoms with Gasteiger partial charge in [0.15, 0.2) is 0 Å². The third-order valence-corrected chi connectivity index (χ3v) is 3.45. The molecule has 19 heavy (non-hydrogen) atoms. The Bertz CT molecular complexity index is 531. The molecule has 100 valence electrons. The molecule has 3 heteroatoms. The first-order chi connectivity index (χ1) is 9.06. The molecule has 0 aliphatic rings. The number of aryl methyl sites for hydroxylation is 1. The first-order valence-electron chi connectivity index (χ1n) is 6.23. The van der Waals surface area contributed by atoms with Crippen molar-refractivity contribution in [1.82, 2.24) is 0 Å². The maximum atomic E-state index is 13.6. The van der Waals surface area contributed by atoms with Gasteiger partial charge >= 0.3 is 0 Å². The van der Waals surface area contributed by atoms with Crippen LogP contribution in [0, 0.1) is 12.7 Å². The number of benzene rings is 2. The molecule has 0 aliphatic carbocycles. The second-order valence-corrected chi connectivity index (χ2v) is 5.16. The number of hydrogen-bond donors (Lipinski definition) is 1. The average Bonchev–Trinajstić information content (AvgIpc) is 2.37. The monoisotopic (exact) mass is 278 g/mol. The van der Waals surface area contributed by atoms with Gasteiger partial charge < -0.3 is 5.11 Å². The lowest BCUT2D eigenvalue weighted by atomic mass is 10.0. The maximum absolute atomic E-state index is 13.6. The molecule has 0 bridgehead atoms. The molecule has 2 rings (SSSR count). The Morgan fingerprint density at radius 1 is 1.11 bits per heavy atom. The van der Waals surface area contributed by atoms with E-state index in [1.807, 2.05) is 31.2 Å². The summed E-state index contributed by atoms with van der Waals surface area (Å²) in [5.41, 5.74) is 2.59. The van der Waals surface area contributed by atoms with E-state index in [4.69, 9.17) is 11.6 Å². The Labute approximate surface area is 117 Å². The summed E-state index contributed by atoms with van der Waals surface area (Å²) in [6.07, 6.45) is 0.0711. The predicted molar refractivity (Wildman–Crippen MR) is 76.0 cm³/mol. The predicted octanol–water partition coefficient (Wildman–Crippen LogP) is 3.93. The molecule has 0 spiro atoms. The number of hydrogen-bond acceptors (Lipinski definition) is 1. The summed E-state index contributed by atoms with van der Waals surface area (Å²) < 4.78 is 13.6. The highest BCUT2D eigenvalue weighted by molar-refractivity contribution is 6.31. The molecule has 0 fully saturated rings. The first kappa shape index (κ1) is 14.0. The Morgan fingerprint density at radius 2 is 1.79 bits per heavy atom. The normalized spacial score (nSPS) is 12.4. The van der Waals surface area contributed by atoms with Crippen LogP contribution in [0.4, 0.5) is 4.39 Å². The standard InChI is InChI=1S/C16H16ClFO/c1-11-5-7-12(8-6-11)9-13(19)10-14-15(17)3-2-4-16(14)18/h2-8,13,19H,9-10H2,1H3. The fraction of sp³-hybridized carbons (Fsp3) is 0.250. The second-order valence-electron chi connectivity index (χ2n) is 4.75. The highest BCUT2D eigenvalue weighted by atomic mass is 35.5. The molecule has 2 aromatic carbocycles. The van der Waals surface area contributed by atoms with Gasteiger partial charge in [0, 0.05) is 17.0 Å². The van der Waals surface area contributed by atoms with E-state index in [-0.39, 0.29) is 12.2 Å². The lowest BCUT2D eigenvalue weighted by Crippen LogP contribution is -2.15. The molecule has 1 nitrogen and oxygen atoms in total. The van der Waals surface area contributed by atoms with Crippen LogP contribution in [0.5, 0.6) is 0 Å². The lowest BCUT2D eigenvalue weighted by Gasteiger charge is -2.12. The van der Waals surface area contributed by atoms with Crippen molar-refractivity contribution in [2.24, 2.45) is 0 Å². The van der Waals surface area contributed by atoms with Gasteiger partial charge in [-0.15, -0.1) is 0 Å². The van der Waals surface area contributed by atoms with E-state index in [1.165, 1.54) is 11.6 Å². The number of halogens is 2. The summed E-state index contributed by atoms with van der Waals surface area (Å²) in [5, 5.41) is 10.4. The van der Waals surface area contributed by atoms with Gasteiger partial charge in [0.05, 0.1) is 6.10 Å². The molecule has 1 unspecified atom stereocenters.